The Bertz CT molecular complexity index is 1230. The highest BCUT2D eigenvalue weighted by Crippen LogP contribution is 2.39. The number of hydrogen-bond donors (Lipinski definition) is 1. The number of ether oxygens (including phenoxy) is 4. The largest absolute Gasteiger partial charge is 0.493 e. The van der Waals surface area contributed by atoms with E-state index in [0.29, 0.717) is 33.9 Å². The molecule has 1 unspecified atom stereocenters. The molecule has 34 heavy (non-hydrogen) atoms. The predicted molar refractivity (Wildman–Crippen MR) is 117 cm³/mol. The number of rotatable bonds is 5. The SMILES string of the molecule is COc1cc2c(Nc3ccc(C(F)(F)F)cc3Br)ncnc2cc1O[C@@H]1CO[C@@H]2C1OC[C@H]2F. The summed E-state index contributed by atoms with van der Waals surface area (Å²) in [6.45, 7) is 0.140. The zero-order valence-corrected chi connectivity index (χ0v) is 19.2. The minimum absolute atomic E-state index is 0.0359. The van der Waals surface area contributed by atoms with Gasteiger partial charge < -0.3 is 24.3 Å². The predicted octanol–water partition coefficient (Wildman–Crippen LogP) is 5.05. The van der Waals surface area contributed by atoms with Crippen molar-refractivity contribution in [1.82, 2.24) is 9.97 Å². The van der Waals surface area contributed by atoms with E-state index in [-0.39, 0.29) is 17.7 Å². The number of nitrogens with zero attached hydrogens (tertiary/aromatic N) is 2. The van der Waals surface area contributed by atoms with Crippen LogP contribution >= 0.6 is 15.9 Å². The van der Waals surface area contributed by atoms with Crippen LogP contribution in [-0.2, 0) is 15.7 Å². The van der Waals surface area contributed by atoms with Crippen LogP contribution < -0.4 is 14.8 Å². The minimum Gasteiger partial charge on any atom is -0.493 e. The van der Waals surface area contributed by atoms with Gasteiger partial charge in [0.1, 0.15) is 24.4 Å². The topological polar surface area (TPSA) is 74.7 Å². The Kier molecular flexibility index (Phi) is 5.98. The van der Waals surface area contributed by atoms with Crippen molar-refractivity contribution in [3.8, 4) is 11.5 Å². The van der Waals surface area contributed by atoms with Crippen LogP contribution in [0.5, 0.6) is 11.5 Å². The summed E-state index contributed by atoms with van der Waals surface area (Å²) in [4.78, 5) is 8.50. The first-order chi connectivity index (χ1) is 16.2. The van der Waals surface area contributed by atoms with Crippen LogP contribution in [0.3, 0.4) is 0 Å². The molecule has 2 fully saturated rings. The minimum atomic E-state index is -4.45. The lowest BCUT2D eigenvalue weighted by molar-refractivity contribution is -0.137. The number of nitrogens with one attached hydrogen (secondary N) is 1. The van der Waals surface area contributed by atoms with Gasteiger partial charge >= 0.3 is 6.18 Å². The normalized spacial score (nSPS) is 24.3. The molecule has 0 saturated carbocycles. The molecule has 4 atom stereocenters. The maximum absolute atomic E-state index is 13.9. The van der Waals surface area contributed by atoms with E-state index >= 15 is 0 Å². The van der Waals surface area contributed by atoms with Crippen molar-refractivity contribution in [2.24, 2.45) is 0 Å². The van der Waals surface area contributed by atoms with E-state index in [0.717, 1.165) is 12.1 Å². The van der Waals surface area contributed by atoms with Gasteiger partial charge in [-0.15, -0.1) is 0 Å². The molecular formula is C22H18BrF4N3O4. The lowest BCUT2D eigenvalue weighted by atomic mass is 10.1. The summed E-state index contributed by atoms with van der Waals surface area (Å²) in [7, 11) is 1.47. The lowest BCUT2D eigenvalue weighted by Gasteiger charge is -2.20. The van der Waals surface area contributed by atoms with E-state index < -0.39 is 36.2 Å². The number of alkyl halides is 4. The third-order valence-corrected chi connectivity index (χ3v) is 6.35. The highest BCUT2D eigenvalue weighted by molar-refractivity contribution is 9.10. The fourth-order valence-electron chi connectivity index (χ4n) is 4.02. The molecule has 5 rings (SSSR count). The van der Waals surface area contributed by atoms with Gasteiger partial charge in [-0.25, -0.2) is 14.4 Å². The molecule has 2 aromatic carbocycles. The number of halogens is 5. The summed E-state index contributed by atoms with van der Waals surface area (Å²) in [5, 5.41) is 3.59. The molecule has 7 nitrogen and oxygen atoms in total. The van der Waals surface area contributed by atoms with Crippen LogP contribution in [0.4, 0.5) is 29.1 Å². The molecule has 12 heteroatoms. The average molecular weight is 544 g/mol. The van der Waals surface area contributed by atoms with E-state index in [4.69, 9.17) is 18.9 Å². The number of methoxy groups -OCH3 is 1. The van der Waals surface area contributed by atoms with Gasteiger partial charge in [-0.3, -0.25) is 0 Å². The van der Waals surface area contributed by atoms with Gasteiger partial charge in [0.05, 0.1) is 37.1 Å². The summed E-state index contributed by atoms with van der Waals surface area (Å²) >= 11 is 3.18. The molecular weight excluding hydrogens is 526 g/mol. The zero-order chi connectivity index (χ0) is 24.0. The maximum atomic E-state index is 13.9. The second-order valence-corrected chi connectivity index (χ2v) is 8.68. The van der Waals surface area contributed by atoms with E-state index in [2.05, 4.69) is 31.2 Å². The van der Waals surface area contributed by atoms with Crippen LogP contribution in [-0.4, -0.2) is 54.8 Å². The maximum Gasteiger partial charge on any atom is 0.416 e. The fraction of sp³-hybridized carbons (Fsp3) is 0.364. The van der Waals surface area contributed by atoms with Crippen molar-refractivity contribution in [1.29, 1.82) is 0 Å². The number of fused-ring (bicyclic) bond motifs is 2. The fourth-order valence-corrected chi connectivity index (χ4v) is 4.50. The molecule has 1 N–H and O–H groups in total. The van der Waals surface area contributed by atoms with E-state index in [9.17, 15) is 17.6 Å². The Balaban J connectivity index is 1.44. The standard InChI is InChI=1S/C22H18BrF4N3O4/c1-31-16-5-11-15(6-17(16)34-18-8-33-19-13(24)7-32-20(18)19)28-9-29-21(11)30-14-3-2-10(4-12(14)23)22(25,26)27/h2-6,9,13,18-20H,7-8H2,1H3,(H,28,29,30)/t13-,18-,19+,20?/m1/s1. The molecule has 0 aliphatic carbocycles. The summed E-state index contributed by atoms with van der Waals surface area (Å²) in [5.41, 5.74) is 0.118. The molecule has 2 saturated heterocycles. The highest BCUT2D eigenvalue weighted by atomic mass is 79.9. The van der Waals surface area contributed by atoms with E-state index in [1.807, 2.05) is 0 Å². The van der Waals surface area contributed by atoms with Crippen LogP contribution in [0.1, 0.15) is 5.56 Å². The van der Waals surface area contributed by atoms with Crippen molar-refractivity contribution in [2.45, 2.75) is 30.7 Å². The summed E-state index contributed by atoms with van der Waals surface area (Å²) in [6, 6.07) is 6.59. The van der Waals surface area contributed by atoms with Gasteiger partial charge in [0, 0.05) is 15.9 Å². The van der Waals surface area contributed by atoms with Crippen LogP contribution in [0.25, 0.3) is 10.9 Å². The molecule has 0 radical (unpaired) electrons. The van der Waals surface area contributed by atoms with E-state index in [1.165, 1.54) is 19.5 Å². The molecule has 3 heterocycles. The van der Waals surface area contributed by atoms with Crippen molar-refractivity contribution in [3.05, 3.63) is 46.7 Å². The molecule has 3 aromatic rings. The Morgan fingerprint density at radius 1 is 1.06 bits per heavy atom. The Morgan fingerprint density at radius 3 is 2.59 bits per heavy atom. The van der Waals surface area contributed by atoms with Gasteiger partial charge in [-0.2, -0.15) is 13.2 Å². The average Bonchev–Trinajstić information content (AvgIpc) is 3.37. The number of anilines is 2. The van der Waals surface area contributed by atoms with Crippen molar-refractivity contribution in [3.63, 3.8) is 0 Å². The molecule has 0 amide bonds. The second-order valence-electron chi connectivity index (χ2n) is 7.83. The monoisotopic (exact) mass is 543 g/mol. The first-order valence-electron chi connectivity index (χ1n) is 10.2. The third kappa shape index (κ3) is 4.25. The second kappa shape index (κ2) is 8.82. The van der Waals surface area contributed by atoms with Crippen LogP contribution in [0.15, 0.2) is 41.1 Å². The molecule has 2 aliphatic rings. The number of benzene rings is 2. The lowest BCUT2D eigenvalue weighted by Crippen LogP contribution is -2.33. The summed E-state index contributed by atoms with van der Waals surface area (Å²) in [6.07, 6.45) is -6.01. The zero-order valence-electron chi connectivity index (χ0n) is 17.6. The smallest absolute Gasteiger partial charge is 0.416 e. The number of aromatic nitrogens is 2. The highest BCUT2D eigenvalue weighted by Gasteiger charge is 2.49. The first kappa shape index (κ1) is 23.1. The Morgan fingerprint density at radius 2 is 1.85 bits per heavy atom. The van der Waals surface area contributed by atoms with Gasteiger partial charge in [-0.05, 0) is 40.2 Å². The molecule has 2 aliphatic heterocycles. The van der Waals surface area contributed by atoms with Gasteiger partial charge in [0.15, 0.2) is 23.8 Å². The van der Waals surface area contributed by atoms with Gasteiger partial charge in [-0.1, -0.05) is 0 Å². The van der Waals surface area contributed by atoms with Crippen LogP contribution in [0.2, 0.25) is 0 Å². The molecule has 180 valence electrons. The summed E-state index contributed by atoms with van der Waals surface area (Å²) < 4.78 is 75.5. The summed E-state index contributed by atoms with van der Waals surface area (Å²) in [5.74, 6) is 1.10. The van der Waals surface area contributed by atoms with Gasteiger partial charge in [0.25, 0.3) is 0 Å². The van der Waals surface area contributed by atoms with Gasteiger partial charge in [0.2, 0.25) is 0 Å². The molecule has 0 bridgehead atoms. The van der Waals surface area contributed by atoms with E-state index in [1.54, 1.807) is 12.1 Å². The Hall–Kier alpha value is -2.70. The van der Waals surface area contributed by atoms with Crippen molar-refractivity contribution < 1.29 is 36.5 Å². The number of hydrogen-bond acceptors (Lipinski definition) is 7. The first-order valence-corrected chi connectivity index (χ1v) is 11.0. The van der Waals surface area contributed by atoms with Crippen LogP contribution in [0, 0.1) is 0 Å². The third-order valence-electron chi connectivity index (χ3n) is 5.70. The van der Waals surface area contributed by atoms with Crippen molar-refractivity contribution >= 4 is 38.3 Å². The molecule has 0 spiro atoms. The quantitative estimate of drug-likeness (QED) is 0.451. The Labute approximate surface area is 199 Å². The van der Waals surface area contributed by atoms with Crippen molar-refractivity contribution in [2.75, 3.05) is 25.6 Å². The molecule has 1 aromatic heterocycles.